The van der Waals surface area contributed by atoms with Gasteiger partial charge in [0.1, 0.15) is 17.7 Å². The maximum Gasteiger partial charge on any atom is 0.183 e. The molecule has 24 heavy (non-hydrogen) atoms. The summed E-state index contributed by atoms with van der Waals surface area (Å²) < 4.78 is 0. The maximum atomic E-state index is 9.93. The van der Waals surface area contributed by atoms with Gasteiger partial charge in [-0.25, -0.2) is 15.0 Å². The highest BCUT2D eigenvalue weighted by atomic mass is 35.5. The molecule has 0 unspecified atom stereocenters. The fourth-order valence-corrected chi connectivity index (χ4v) is 3.44. The highest BCUT2D eigenvalue weighted by molar-refractivity contribution is 6.30. The molecule has 0 bridgehead atoms. The molecule has 6 nitrogen and oxygen atoms in total. The zero-order chi connectivity index (χ0) is 16.7. The standard InChI is InChI=1S/C17H18ClN5O/c1-9-5-12(7-13(9)24)21-16-14-17(20-8-19-16)23-15(22-14)10-3-2-4-11(18)6-10/h2-4,6,8-9,12-13,24H,5,7H2,1H3,(H2,19,20,21,22,23)/t9-,12+,13-/m0/s1. The van der Waals surface area contributed by atoms with Crippen LogP contribution in [0.15, 0.2) is 30.6 Å². The molecule has 1 saturated carbocycles. The van der Waals surface area contributed by atoms with Crippen LogP contribution in [0.2, 0.25) is 5.02 Å². The lowest BCUT2D eigenvalue weighted by Crippen LogP contribution is -2.17. The minimum atomic E-state index is -0.261. The van der Waals surface area contributed by atoms with E-state index in [2.05, 4.69) is 32.2 Å². The third-order valence-electron chi connectivity index (χ3n) is 4.57. The van der Waals surface area contributed by atoms with Crippen molar-refractivity contribution in [3.63, 3.8) is 0 Å². The Morgan fingerprint density at radius 2 is 2.17 bits per heavy atom. The van der Waals surface area contributed by atoms with Crippen LogP contribution in [0.1, 0.15) is 19.8 Å². The molecule has 2 aromatic heterocycles. The molecule has 0 spiro atoms. The second-order valence-corrected chi connectivity index (χ2v) is 6.81. The average Bonchev–Trinajstić information content (AvgIpc) is 3.12. The van der Waals surface area contributed by atoms with Crippen LogP contribution in [-0.2, 0) is 0 Å². The van der Waals surface area contributed by atoms with Crippen molar-refractivity contribution in [2.75, 3.05) is 5.32 Å². The van der Waals surface area contributed by atoms with Crippen molar-refractivity contribution in [3.8, 4) is 11.4 Å². The number of hydrogen-bond acceptors (Lipinski definition) is 5. The second-order valence-electron chi connectivity index (χ2n) is 6.37. The van der Waals surface area contributed by atoms with E-state index in [1.165, 1.54) is 6.33 Å². The third-order valence-corrected chi connectivity index (χ3v) is 4.80. The van der Waals surface area contributed by atoms with Crippen molar-refractivity contribution >= 4 is 28.6 Å². The summed E-state index contributed by atoms with van der Waals surface area (Å²) in [7, 11) is 0. The predicted octanol–water partition coefficient (Wildman–Crippen LogP) is 3.24. The number of fused-ring (bicyclic) bond motifs is 1. The lowest BCUT2D eigenvalue weighted by atomic mass is 10.1. The molecular weight excluding hydrogens is 326 g/mol. The maximum absolute atomic E-state index is 9.93. The van der Waals surface area contributed by atoms with E-state index in [4.69, 9.17) is 11.6 Å². The summed E-state index contributed by atoms with van der Waals surface area (Å²) in [6.07, 6.45) is 2.88. The van der Waals surface area contributed by atoms with Gasteiger partial charge in [0, 0.05) is 16.6 Å². The fraction of sp³-hybridized carbons (Fsp3) is 0.353. The number of rotatable bonds is 3. The molecular formula is C17H18ClN5O. The van der Waals surface area contributed by atoms with E-state index in [0.29, 0.717) is 28.2 Å². The van der Waals surface area contributed by atoms with Gasteiger partial charge in [-0.05, 0) is 30.9 Å². The SMILES string of the molecule is C[C@H]1C[C@@H](Nc2ncnc3nc(-c4cccc(Cl)c4)[nH]c23)C[C@@H]1O. The molecule has 1 fully saturated rings. The van der Waals surface area contributed by atoms with E-state index in [9.17, 15) is 5.11 Å². The van der Waals surface area contributed by atoms with E-state index in [1.54, 1.807) is 0 Å². The van der Waals surface area contributed by atoms with Crippen molar-refractivity contribution in [1.82, 2.24) is 19.9 Å². The van der Waals surface area contributed by atoms with Crippen molar-refractivity contribution in [2.24, 2.45) is 5.92 Å². The number of nitrogens with zero attached hydrogens (tertiary/aromatic N) is 3. The molecule has 2 heterocycles. The van der Waals surface area contributed by atoms with Gasteiger partial charge in [0.2, 0.25) is 0 Å². The van der Waals surface area contributed by atoms with Crippen LogP contribution in [-0.4, -0.2) is 37.2 Å². The molecule has 1 aromatic carbocycles. The number of aromatic nitrogens is 4. The first-order valence-corrected chi connectivity index (χ1v) is 8.39. The summed E-state index contributed by atoms with van der Waals surface area (Å²) in [4.78, 5) is 16.4. The molecule has 1 aliphatic rings. The predicted molar refractivity (Wildman–Crippen MR) is 93.9 cm³/mol. The number of nitrogens with one attached hydrogen (secondary N) is 2. The molecule has 0 radical (unpaired) electrons. The van der Waals surface area contributed by atoms with Crippen LogP contribution in [0.25, 0.3) is 22.6 Å². The van der Waals surface area contributed by atoms with Gasteiger partial charge in [-0.15, -0.1) is 0 Å². The third kappa shape index (κ3) is 2.83. The minimum absolute atomic E-state index is 0.200. The van der Waals surface area contributed by atoms with Crippen LogP contribution in [0.3, 0.4) is 0 Å². The van der Waals surface area contributed by atoms with Crippen molar-refractivity contribution < 1.29 is 5.11 Å². The lowest BCUT2D eigenvalue weighted by Gasteiger charge is -2.12. The number of aromatic amines is 1. The van der Waals surface area contributed by atoms with Crippen LogP contribution >= 0.6 is 11.6 Å². The van der Waals surface area contributed by atoms with Crippen molar-refractivity contribution in [1.29, 1.82) is 0 Å². The van der Waals surface area contributed by atoms with Gasteiger partial charge in [-0.3, -0.25) is 0 Å². The summed E-state index contributed by atoms with van der Waals surface area (Å²) >= 11 is 6.06. The quantitative estimate of drug-likeness (QED) is 0.679. The van der Waals surface area contributed by atoms with Gasteiger partial charge in [0.25, 0.3) is 0 Å². The summed E-state index contributed by atoms with van der Waals surface area (Å²) in [5.74, 6) is 1.71. The van der Waals surface area contributed by atoms with E-state index in [0.717, 1.165) is 23.9 Å². The number of anilines is 1. The minimum Gasteiger partial charge on any atom is -0.393 e. The first-order valence-electron chi connectivity index (χ1n) is 8.01. The summed E-state index contributed by atoms with van der Waals surface area (Å²) in [5, 5.41) is 14.0. The highest BCUT2D eigenvalue weighted by Crippen LogP contribution is 2.30. The number of benzene rings is 1. The number of halogens is 1. The number of imidazole rings is 1. The smallest absolute Gasteiger partial charge is 0.183 e. The number of hydrogen-bond donors (Lipinski definition) is 3. The van der Waals surface area contributed by atoms with E-state index < -0.39 is 0 Å². The van der Waals surface area contributed by atoms with Gasteiger partial charge < -0.3 is 15.4 Å². The van der Waals surface area contributed by atoms with Gasteiger partial charge in [0.05, 0.1) is 6.10 Å². The molecule has 3 atom stereocenters. The Morgan fingerprint density at radius 1 is 1.29 bits per heavy atom. The van der Waals surface area contributed by atoms with Crippen molar-refractivity contribution in [3.05, 3.63) is 35.6 Å². The zero-order valence-corrected chi connectivity index (χ0v) is 14.0. The van der Waals surface area contributed by atoms with Crippen molar-refractivity contribution in [2.45, 2.75) is 31.9 Å². The van der Waals surface area contributed by atoms with Crippen LogP contribution in [0, 0.1) is 5.92 Å². The molecule has 7 heteroatoms. The van der Waals surface area contributed by atoms with Crippen LogP contribution in [0.5, 0.6) is 0 Å². The Hall–Kier alpha value is -2.18. The molecule has 3 N–H and O–H groups in total. The number of H-pyrrole nitrogens is 1. The zero-order valence-electron chi connectivity index (χ0n) is 13.2. The molecule has 0 aliphatic heterocycles. The molecule has 3 aromatic rings. The normalized spacial score (nSPS) is 23.7. The van der Waals surface area contributed by atoms with Gasteiger partial charge in [0.15, 0.2) is 11.5 Å². The summed E-state index contributed by atoms with van der Waals surface area (Å²) in [6, 6.07) is 7.71. The number of aliphatic hydroxyl groups is 1. The first kappa shape index (κ1) is 15.4. The Labute approximate surface area is 144 Å². The second kappa shape index (κ2) is 6.03. The van der Waals surface area contributed by atoms with Gasteiger partial charge >= 0.3 is 0 Å². The molecule has 4 rings (SSSR count). The highest BCUT2D eigenvalue weighted by Gasteiger charge is 2.30. The molecule has 124 valence electrons. The Morgan fingerprint density at radius 3 is 2.92 bits per heavy atom. The summed E-state index contributed by atoms with van der Waals surface area (Å²) in [6.45, 7) is 2.06. The first-order chi connectivity index (χ1) is 11.6. The van der Waals surface area contributed by atoms with Gasteiger partial charge in [-0.1, -0.05) is 30.7 Å². The Balaban J connectivity index is 1.67. The fourth-order valence-electron chi connectivity index (χ4n) is 3.25. The van der Waals surface area contributed by atoms with Crippen LogP contribution < -0.4 is 5.32 Å². The topological polar surface area (TPSA) is 86.7 Å². The number of aliphatic hydroxyl groups excluding tert-OH is 1. The molecule has 0 amide bonds. The monoisotopic (exact) mass is 343 g/mol. The van der Waals surface area contributed by atoms with Gasteiger partial charge in [-0.2, -0.15) is 0 Å². The largest absolute Gasteiger partial charge is 0.393 e. The van der Waals surface area contributed by atoms with E-state index in [-0.39, 0.29) is 12.1 Å². The van der Waals surface area contributed by atoms with E-state index in [1.807, 2.05) is 24.3 Å². The Bertz CT molecular complexity index is 870. The van der Waals surface area contributed by atoms with Crippen LogP contribution in [0.4, 0.5) is 5.82 Å². The summed E-state index contributed by atoms with van der Waals surface area (Å²) in [5.41, 5.74) is 2.27. The Kier molecular flexibility index (Phi) is 3.86. The lowest BCUT2D eigenvalue weighted by molar-refractivity contribution is 0.141. The molecule has 1 aliphatic carbocycles. The molecule has 0 saturated heterocycles. The van der Waals surface area contributed by atoms with E-state index >= 15 is 0 Å². The average molecular weight is 344 g/mol.